The smallest absolute Gasteiger partial charge is 0.0302 e. The molecule has 0 radical (unpaired) electrons. The molecule has 1 heteroatoms. The highest BCUT2D eigenvalue weighted by atomic mass is 14.9. The third kappa shape index (κ3) is 2.66. The maximum absolute atomic E-state index is 4.01. The minimum Gasteiger partial charge on any atom is -0.310 e. The molecule has 1 N–H and O–H groups in total. The molecular weight excluding hydrogens is 134 g/mol. The van der Waals surface area contributed by atoms with Gasteiger partial charge >= 0.3 is 0 Å². The highest BCUT2D eigenvalue weighted by Crippen LogP contribution is 2.35. The van der Waals surface area contributed by atoms with Crippen LogP contribution in [0.5, 0.6) is 0 Å². The van der Waals surface area contributed by atoms with Crippen LogP contribution < -0.4 is 5.32 Å². The molecule has 0 aromatic rings. The lowest BCUT2D eigenvalue weighted by atomic mass is 10.1. The van der Waals surface area contributed by atoms with Crippen molar-refractivity contribution in [3.05, 3.63) is 12.2 Å². The first kappa shape index (κ1) is 8.79. The Balaban J connectivity index is 2.26. The van der Waals surface area contributed by atoms with Gasteiger partial charge < -0.3 is 5.32 Å². The predicted octanol–water partition coefficient (Wildman–Crippen LogP) is 2.34. The van der Waals surface area contributed by atoms with E-state index in [1.165, 1.54) is 24.8 Å². The summed E-state index contributed by atoms with van der Waals surface area (Å²) in [5.41, 5.74) is 1.31. The Hall–Kier alpha value is -0.300. The molecule has 1 nitrogen and oxygen atoms in total. The average Bonchev–Trinajstić information content (AvgIpc) is 2.71. The van der Waals surface area contributed by atoms with E-state index < -0.39 is 0 Å². The van der Waals surface area contributed by atoms with Gasteiger partial charge in [0.25, 0.3) is 0 Å². The Morgan fingerprint density at radius 1 is 1.64 bits per heavy atom. The van der Waals surface area contributed by atoms with Gasteiger partial charge in [-0.05, 0) is 38.6 Å². The van der Waals surface area contributed by atoms with Crippen molar-refractivity contribution in [3.8, 4) is 0 Å². The molecule has 0 heterocycles. The molecule has 0 saturated heterocycles. The second-order valence-electron chi connectivity index (χ2n) is 3.62. The van der Waals surface area contributed by atoms with Crippen LogP contribution >= 0.6 is 0 Å². The zero-order valence-electron chi connectivity index (χ0n) is 7.69. The van der Waals surface area contributed by atoms with Gasteiger partial charge in [-0.2, -0.15) is 0 Å². The number of nitrogens with one attached hydrogen (secondary N) is 1. The maximum Gasteiger partial charge on any atom is 0.0302 e. The van der Waals surface area contributed by atoms with Crippen molar-refractivity contribution in [3.63, 3.8) is 0 Å². The van der Waals surface area contributed by atoms with Crippen LogP contribution in [0.4, 0.5) is 0 Å². The third-order valence-electron chi connectivity index (χ3n) is 2.24. The summed E-state index contributed by atoms with van der Waals surface area (Å²) < 4.78 is 0. The van der Waals surface area contributed by atoms with E-state index in [0.717, 1.165) is 12.5 Å². The van der Waals surface area contributed by atoms with Crippen LogP contribution in [0.3, 0.4) is 0 Å². The summed E-state index contributed by atoms with van der Waals surface area (Å²) in [6.45, 7) is 9.47. The monoisotopic (exact) mass is 153 g/mol. The molecule has 0 amide bonds. The first-order valence-corrected chi connectivity index (χ1v) is 4.64. The van der Waals surface area contributed by atoms with Crippen LogP contribution in [-0.4, -0.2) is 12.6 Å². The van der Waals surface area contributed by atoms with Crippen molar-refractivity contribution >= 4 is 0 Å². The molecule has 1 aliphatic carbocycles. The quantitative estimate of drug-likeness (QED) is 0.598. The lowest BCUT2D eigenvalue weighted by Crippen LogP contribution is -2.32. The van der Waals surface area contributed by atoms with Gasteiger partial charge in [0.15, 0.2) is 0 Å². The summed E-state index contributed by atoms with van der Waals surface area (Å²) in [6, 6.07) is 0.606. The van der Waals surface area contributed by atoms with Crippen molar-refractivity contribution in [1.29, 1.82) is 0 Å². The Morgan fingerprint density at radius 2 is 2.27 bits per heavy atom. The SMILES string of the molecule is C=C(C)C(NCCC)C1CC1. The van der Waals surface area contributed by atoms with Crippen molar-refractivity contribution in [2.24, 2.45) is 5.92 Å². The van der Waals surface area contributed by atoms with Gasteiger partial charge in [-0.25, -0.2) is 0 Å². The number of hydrogen-bond acceptors (Lipinski definition) is 1. The first-order chi connectivity index (χ1) is 5.25. The standard InChI is InChI=1S/C10H19N/c1-4-7-11-10(8(2)3)9-5-6-9/h9-11H,2,4-7H2,1,3H3. The van der Waals surface area contributed by atoms with Crippen LogP contribution in [0.25, 0.3) is 0 Å². The second kappa shape index (κ2) is 3.91. The van der Waals surface area contributed by atoms with Crippen molar-refractivity contribution in [1.82, 2.24) is 5.32 Å². The Bertz CT molecular complexity index is 136. The van der Waals surface area contributed by atoms with Crippen LogP contribution in [0.1, 0.15) is 33.1 Å². The molecule has 1 unspecified atom stereocenters. The largest absolute Gasteiger partial charge is 0.310 e. The van der Waals surface area contributed by atoms with Gasteiger partial charge in [0.05, 0.1) is 0 Å². The molecule has 1 rings (SSSR count). The number of hydrogen-bond donors (Lipinski definition) is 1. The van der Waals surface area contributed by atoms with Crippen molar-refractivity contribution in [2.75, 3.05) is 6.54 Å². The Morgan fingerprint density at radius 3 is 2.64 bits per heavy atom. The molecule has 1 fully saturated rings. The number of rotatable bonds is 5. The molecule has 64 valence electrons. The van der Waals surface area contributed by atoms with Crippen LogP contribution in [0.2, 0.25) is 0 Å². The van der Waals surface area contributed by atoms with E-state index in [1.807, 2.05) is 0 Å². The molecule has 0 bridgehead atoms. The lowest BCUT2D eigenvalue weighted by Gasteiger charge is -2.17. The molecule has 1 saturated carbocycles. The fraction of sp³-hybridized carbons (Fsp3) is 0.800. The van der Waals surface area contributed by atoms with Gasteiger partial charge in [-0.3, -0.25) is 0 Å². The average molecular weight is 153 g/mol. The van der Waals surface area contributed by atoms with E-state index in [-0.39, 0.29) is 0 Å². The zero-order chi connectivity index (χ0) is 8.27. The fourth-order valence-corrected chi connectivity index (χ4v) is 1.47. The van der Waals surface area contributed by atoms with E-state index in [2.05, 4.69) is 25.7 Å². The van der Waals surface area contributed by atoms with Gasteiger partial charge in [-0.1, -0.05) is 19.1 Å². The van der Waals surface area contributed by atoms with Gasteiger partial charge in [-0.15, -0.1) is 0 Å². The van der Waals surface area contributed by atoms with Gasteiger partial charge in [0.2, 0.25) is 0 Å². The molecular formula is C10H19N. The molecule has 1 aliphatic rings. The molecule has 1 atom stereocenters. The molecule has 11 heavy (non-hydrogen) atoms. The predicted molar refractivity (Wildman–Crippen MR) is 49.6 cm³/mol. The normalized spacial score (nSPS) is 19.8. The first-order valence-electron chi connectivity index (χ1n) is 4.64. The maximum atomic E-state index is 4.01. The van der Waals surface area contributed by atoms with Crippen LogP contribution in [-0.2, 0) is 0 Å². The summed E-state index contributed by atoms with van der Waals surface area (Å²) in [4.78, 5) is 0. The van der Waals surface area contributed by atoms with Crippen molar-refractivity contribution in [2.45, 2.75) is 39.2 Å². The summed E-state index contributed by atoms with van der Waals surface area (Å²) in [6.07, 6.45) is 4.01. The van der Waals surface area contributed by atoms with Crippen molar-refractivity contribution < 1.29 is 0 Å². The molecule has 0 aromatic heterocycles. The Kier molecular flexibility index (Phi) is 3.13. The summed E-state index contributed by atoms with van der Waals surface area (Å²) in [7, 11) is 0. The molecule has 0 aliphatic heterocycles. The van der Waals surface area contributed by atoms with E-state index in [1.54, 1.807) is 0 Å². The van der Waals surface area contributed by atoms with E-state index >= 15 is 0 Å². The third-order valence-corrected chi connectivity index (χ3v) is 2.24. The van der Waals surface area contributed by atoms with Gasteiger partial charge in [0, 0.05) is 6.04 Å². The zero-order valence-corrected chi connectivity index (χ0v) is 7.69. The molecule has 0 spiro atoms. The highest BCUT2D eigenvalue weighted by Gasteiger charge is 2.30. The minimum absolute atomic E-state index is 0.606. The van der Waals surface area contributed by atoms with Crippen LogP contribution in [0, 0.1) is 5.92 Å². The second-order valence-corrected chi connectivity index (χ2v) is 3.62. The topological polar surface area (TPSA) is 12.0 Å². The fourth-order valence-electron chi connectivity index (χ4n) is 1.47. The minimum atomic E-state index is 0.606. The van der Waals surface area contributed by atoms with E-state index in [4.69, 9.17) is 0 Å². The summed E-state index contributed by atoms with van der Waals surface area (Å²) in [5, 5.41) is 3.53. The highest BCUT2D eigenvalue weighted by molar-refractivity contribution is 5.07. The van der Waals surface area contributed by atoms with Gasteiger partial charge in [0.1, 0.15) is 0 Å². The molecule has 0 aromatic carbocycles. The van der Waals surface area contributed by atoms with E-state index in [9.17, 15) is 0 Å². The lowest BCUT2D eigenvalue weighted by molar-refractivity contribution is 0.517. The summed E-state index contributed by atoms with van der Waals surface area (Å²) in [5.74, 6) is 0.902. The Labute approximate surface area is 69.9 Å². The van der Waals surface area contributed by atoms with E-state index in [0.29, 0.717) is 6.04 Å². The summed E-state index contributed by atoms with van der Waals surface area (Å²) >= 11 is 0. The van der Waals surface area contributed by atoms with Crippen LogP contribution in [0.15, 0.2) is 12.2 Å².